The van der Waals surface area contributed by atoms with Gasteiger partial charge in [0.25, 0.3) is 0 Å². The number of hydrazine groups is 1. The van der Waals surface area contributed by atoms with Gasteiger partial charge < -0.3 is 4.74 Å². The predicted molar refractivity (Wildman–Crippen MR) is 68.9 cm³/mol. The standard InChI is InChI=1S/C13H16N4O/c1-9-7-10(18-2)3-4-11(9)13(17-14)12-5-6-15-8-16-12/h3-8,13,17H,14H2,1-2H3. The van der Waals surface area contributed by atoms with Crippen LogP contribution in [-0.4, -0.2) is 17.1 Å². The minimum Gasteiger partial charge on any atom is -0.497 e. The van der Waals surface area contributed by atoms with Crippen LogP contribution in [-0.2, 0) is 0 Å². The molecule has 5 nitrogen and oxygen atoms in total. The number of nitrogens with two attached hydrogens (primary N) is 1. The number of nitrogens with zero attached hydrogens (tertiary/aromatic N) is 2. The SMILES string of the molecule is COc1ccc(C(NN)c2ccncn2)c(C)c1. The highest BCUT2D eigenvalue weighted by molar-refractivity contribution is 5.39. The summed E-state index contributed by atoms with van der Waals surface area (Å²) in [7, 11) is 1.65. The van der Waals surface area contributed by atoms with Gasteiger partial charge in [0, 0.05) is 6.20 Å². The summed E-state index contributed by atoms with van der Waals surface area (Å²) in [4.78, 5) is 8.13. The van der Waals surface area contributed by atoms with Crippen LogP contribution in [0.5, 0.6) is 5.75 Å². The fourth-order valence-corrected chi connectivity index (χ4v) is 1.91. The average molecular weight is 244 g/mol. The third-order valence-corrected chi connectivity index (χ3v) is 2.86. The fourth-order valence-electron chi connectivity index (χ4n) is 1.91. The molecule has 94 valence electrons. The smallest absolute Gasteiger partial charge is 0.119 e. The van der Waals surface area contributed by atoms with Gasteiger partial charge in [-0.05, 0) is 36.2 Å². The molecule has 0 aliphatic heterocycles. The Labute approximate surface area is 106 Å². The molecule has 0 fully saturated rings. The minimum absolute atomic E-state index is 0.154. The minimum atomic E-state index is -0.154. The lowest BCUT2D eigenvalue weighted by Crippen LogP contribution is -2.30. The summed E-state index contributed by atoms with van der Waals surface area (Å²) in [5.74, 6) is 6.46. The zero-order chi connectivity index (χ0) is 13.0. The Morgan fingerprint density at radius 2 is 2.17 bits per heavy atom. The highest BCUT2D eigenvalue weighted by Crippen LogP contribution is 2.25. The number of benzene rings is 1. The monoisotopic (exact) mass is 244 g/mol. The van der Waals surface area contributed by atoms with Gasteiger partial charge in [-0.25, -0.2) is 15.4 Å². The van der Waals surface area contributed by atoms with E-state index in [0.29, 0.717) is 0 Å². The van der Waals surface area contributed by atoms with E-state index in [-0.39, 0.29) is 6.04 Å². The van der Waals surface area contributed by atoms with E-state index in [4.69, 9.17) is 10.6 Å². The summed E-state index contributed by atoms with van der Waals surface area (Å²) in [5.41, 5.74) is 5.78. The van der Waals surface area contributed by atoms with Gasteiger partial charge in [0.1, 0.15) is 12.1 Å². The summed E-state index contributed by atoms with van der Waals surface area (Å²) in [5, 5.41) is 0. The molecule has 0 saturated carbocycles. The van der Waals surface area contributed by atoms with Gasteiger partial charge in [0.05, 0.1) is 18.8 Å². The summed E-state index contributed by atoms with van der Waals surface area (Å²) in [6.07, 6.45) is 3.21. The van der Waals surface area contributed by atoms with Crippen molar-refractivity contribution in [2.75, 3.05) is 7.11 Å². The van der Waals surface area contributed by atoms with Crippen molar-refractivity contribution in [3.63, 3.8) is 0 Å². The molecule has 0 amide bonds. The van der Waals surface area contributed by atoms with Crippen molar-refractivity contribution in [1.82, 2.24) is 15.4 Å². The van der Waals surface area contributed by atoms with Crippen molar-refractivity contribution in [2.45, 2.75) is 13.0 Å². The van der Waals surface area contributed by atoms with E-state index < -0.39 is 0 Å². The normalized spacial score (nSPS) is 12.2. The second-order valence-corrected chi connectivity index (χ2v) is 3.96. The number of hydrogen-bond donors (Lipinski definition) is 2. The molecule has 0 aliphatic rings. The van der Waals surface area contributed by atoms with E-state index in [1.54, 1.807) is 13.3 Å². The Kier molecular flexibility index (Phi) is 3.86. The topological polar surface area (TPSA) is 73.1 Å². The van der Waals surface area contributed by atoms with Crippen molar-refractivity contribution < 1.29 is 4.74 Å². The van der Waals surface area contributed by atoms with Crippen molar-refractivity contribution >= 4 is 0 Å². The van der Waals surface area contributed by atoms with Gasteiger partial charge in [-0.2, -0.15) is 0 Å². The zero-order valence-electron chi connectivity index (χ0n) is 10.4. The molecule has 3 N–H and O–H groups in total. The van der Waals surface area contributed by atoms with E-state index in [1.807, 2.05) is 31.2 Å². The van der Waals surface area contributed by atoms with Crippen LogP contribution in [0.4, 0.5) is 0 Å². The number of methoxy groups -OCH3 is 1. The Bertz CT molecular complexity index is 516. The quantitative estimate of drug-likeness (QED) is 0.627. The lowest BCUT2D eigenvalue weighted by molar-refractivity contribution is 0.414. The van der Waals surface area contributed by atoms with Crippen LogP contribution >= 0.6 is 0 Å². The van der Waals surface area contributed by atoms with E-state index >= 15 is 0 Å². The number of nitrogens with one attached hydrogen (secondary N) is 1. The molecule has 1 aromatic heterocycles. The molecular formula is C13H16N4O. The number of aromatic nitrogens is 2. The van der Waals surface area contributed by atoms with Gasteiger partial charge in [0.15, 0.2) is 0 Å². The van der Waals surface area contributed by atoms with E-state index in [0.717, 1.165) is 22.6 Å². The Morgan fingerprint density at radius 3 is 2.72 bits per heavy atom. The van der Waals surface area contributed by atoms with Crippen LogP contribution < -0.4 is 16.0 Å². The molecule has 1 aromatic carbocycles. The molecule has 0 radical (unpaired) electrons. The third-order valence-electron chi connectivity index (χ3n) is 2.86. The van der Waals surface area contributed by atoms with Crippen LogP contribution in [0.1, 0.15) is 22.9 Å². The molecule has 5 heteroatoms. The summed E-state index contributed by atoms with van der Waals surface area (Å²) in [6, 6.07) is 7.56. The molecule has 0 saturated heterocycles. The summed E-state index contributed by atoms with van der Waals surface area (Å²) in [6.45, 7) is 2.02. The molecule has 0 bridgehead atoms. The molecule has 1 atom stereocenters. The number of aryl methyl sites for hydroxylation is 1. The van der Waals surface area contributed by atoms with E-state index in [1.165, 1.54) is 6.33 Å². The molecule has 18 heavy (non-hydrogen) atoms. The molecule has 2 aromatic rings. The van der Waals surface area contributed by atoms with Gasteiger partial charge in [-0.1, -0.05) is 6.07 Å². The molecule has 0 spiro atoms. The lowest BCUT2D eigenvalue weighted by atomic mass is 9.99. The lowest BCUT2D eigenvalue weighted by Gasteiger charge is -2.18. The first-order chi connectivity index (χ1) is 8.76. The molecular weight excluding hydrogens is 228 g/mol. The van der Waals surface area contributed by atoms with E-state index in [9.17, 15) is 0 Å². The van der Waals surface area contributed by atoms with Gasteiger partial charge in [0.2, 0.25) is 0 Å². The molecule has 2 rings (SSSR count). The predicted octanol–water partition coefficient (Wildman–Crippen LogP) is 1.35. The maximum Gasteiger partial charge on any atom is 0.119 e. The average Bonchev–Trinajstić information content (AvgIpc) is 2.42. The number of hydrogen-bond acceptors (Lipinski definition) is 5. The Morgan fingerprint density at radius 1 is 1.33 bits per heavy atom. The Hall–Kier alpha value is -1.98. The summed E-state index contributed by atoms with van der Waals surface area (Å²) < 4.78 is 5.19. The first-order valence-electron chi connectivity index (χ1n) is 5.63. The first-order valence-corrected chi connectivity index (χ1v) is 5.63. The first kappa shape index (κ1) is 12.5. The number of ether oxygens (including phenoxy) is 1. The second kappa shape index (κ2) is 5.57. The largest absolute Gasteiger partial charge is 0.497 e. The van der Waals surface area contributed by atoms with Crippen molar-refractivity contribution in [1.29, 1.82) is 0 Å². The highest BCUT2D eigenvalue weighted by Gasteiger charge is 2.16. The maximum absolute atomic E-state index is 5.63. The van der Waals surface area contributed by atoms with Crippen LogP contribution in [0.15, 0.2) is 36.8 Å². The molecule has 0 aliphatic carbocycles. The van der Waals surface area contributed by atoms with Crippen molar-refractivity contribution in [3.05, 3.63) is 53.6 Å². The van der Waals surface area contributed by atoms with Gasteiger partial charge in [-0.15, -0.1) is 0 Å². The van der Waals surface area contributed by atoms with E-state index in [2.05, 4.69) is 15.4 Å². The van der Waals surface area contributed by atoms with Crippen LogP contribution in [0.3, 0.4) is 0 Å². The van der Waals surface area contributed by atoms with Crippen LogP contribution in [0, 0.1) is 6.92 Å². The summed E-state index contributed by atoms with van der Waals surface area (Å²) >= 11 is 0. The van der Waals surface area contributed by atoms with Crippen molar-refractivity contribution in [3.8, 4) is 5.75 Å². The number of rotatable bonds is 4. The molecule has 1 heterocycles. The zero-order valence-corrected chi connectivity index (χ0v) is 10.4. The second-order valence-electron chi connectivity index (χ2n) is 3.96. The maximum atomic E-state index is 5.63. The fraction of sp³-hybridized carbons (Fsp3) is 0.231. The highest BCUT2D eigenvalue weighted by atomic mass is 16.5. The van der Waals surface area contributed by atoms with Crippen LogP contribution in [0.25, 0.3) is 0 Å². The third kappa shape index (κ3) is 2.47. The Balaban J connectivity index is 2.39. The van der Waals surface area contributed by atoms with Crippen molar-refractivity contribution in [2.24, 2.45) is 5.84 Å². The van der Waals surface area contributed by atoms with Gasteiger partial charge in [-0.3, -0.25) is 5.84 Å². The van der Waals surface area contributed by atoms with Crippen LogP contribution in [0.2, 0.25) is 0 Å². The van der Waals surface area contributed by atoms with Gasteiger partial charge >= 0.3 is 0 Å². The molecule has 1 unspecified atom stereocenters.